The van der Waals surface area contributed by atoms with Crippen molar-refractivity contribution in [1.29, 1.82) is 0 Å². The zero-order valence-electron chi connectivity index (χ0n) is 15.8. The third kappa shape index (κ3) is 4.82. The van der Waals surface area contributed by atoms with Crippen molar-refractivity contribution < 1.29 is 4.79 Å². The summed E-state index contributed by atoms with van der Waals surface area (Å²) in [6.07, 6.45) is 1.83. The van der Waals surface area contributed by atoms with Crippen molar-refractivity contribution in [2.75, 3.05) is 5.32 Å². The minimum atomic E-state index is -0.151. The van der Waals surface area contributed by atoms with Gasteiger partial charge in [-0.15, -0.1) is 16.8 Å². The van der Waals surface area contributed by atoms with Crippen LogP contribution < -0.4 is 5.32 Å². The highest BCUT2D eigenvalue weighted by molar-refractivity contribution is 7.98. The van der Waals surface area contributed by atoms with Crippen molar-refractivity contribution in [1.82, 2.24) is 14.8 Å². The number of hydrogen-bond donors (Lipinski definition) is 1. The zero-order chi connectivity index (χ0) is 20.1. The van der Waals surface area contributed by atoms with Crippen molar-refractivity contribution in [3.8, 4) is 0 Å². The molecule has 0 saturated carbocycles. The first-order valence-electron chi connectivity index (χ1n) is 8.78. The molecule has 2 aromatic carbocycles. The molecule has 7 heteroatoms. The molecule has 0 atom stereocenters. The molecule has 0 radical (unpaired) electrons. The van der Waals surface area contributed by atoms with Crippen LogP contribution in [0.4, 0.5) is 5.69 Å². The molecule has 28 heavy (non-hydrogen) atoms. The molecule has 0 aliphatic rings. The SMILES string of the molecule is C=CCn1c(C)nnc1SCc1ccc(C(=O)Nc2ccc(Cl)c(C)c2)cc1. The van der Waals surface area contributed by atoms with Gasteiger partial charge >= 0.3 is 0 Å². The highest BCUT2D eigenvalue weighted by Gasteiger charge is 2.10. The van der Waals surface area contributed by atoms with Crippen LogP contribution in [0.15, 0.2) is 60.3 Å². The zero-order valence-corrected chi connectivity index (χ0v) is 17.3. The number of aryl methyl sites for hydroxylation is 2. The van der Waals surface area contributed by atoms with Crippen LogP contribution >= 0.6 is 23.4 Å². The summed E-state index contributed by atoms with van der Waals surface area (Å²) in [5.41, 5.74) is 3.36. The van der Waals surface area contributed by atoms with Crippen LogP contribution in [0.2, 0.25) is 5.02 Å². The molecular formula is C21H21ClN4OS. The molecule has 0 aliphatic heterocycles. The van der Waals surface area contributed by atoms with Crippen molar-refractivity contribution >= 4 is 35.0 Å². The van der Waals surface area contributed by atoms with Gasteiger partial charge in [-0.25, -0.2) is 0 Å². The Bertz CT molecular complexity index is 998. The van der Waals surface area contributed by atoms with Gasteiger partial charge in [-0.05, 0) is 55.3 Å². The maximum atomic E-state index is 12.4. The van der Waals surface area contributed by atoms with Crippen molar-refractivity contribution in [2.24, 2.45) is 0 Å². The highest BCUT2D eigenvalue weighted by atomic mass is 35.5. The van der Waals surface area contributed by atoms with Crippen molar-refractivity contribution in [3.05, 3.63) is 82.7 Å². The second-order valence-corrected chi connectivity index (χ2v) is 7.68. The van der Waals surface area contributed by atoms with Gasteiger partial charge in [-0.3, -0.25) is 4.79 Å². The average Bonchev–Trinajstić information content (AvgIpc) is 3.03. The summed E-state index contributed by atoms with van der Waals surface area (Å²) in [5.74, 6) is 1.46. The fourth-order valence-electron chi connectivity index (χ4n) is 2.63. The van der Waals surface area contributed by atoms with E-state index in [1.54, 1.807) is 23.9 Å². The van der Waals surface area contributed by atoms with Gasteiger partial charge in [-0.2, -0.15) is 0 Å². The number of benzene rings is 2. The third-order valence-electron chi connectivity index (χ3n) is 4.21. The number of carbonyl (C=O) groups excluding carboxylic acids is 1. The van der Waals surface area contributed by atoms with Crippen LogP contribution in [0, 0.1) is 13.8 Å². The Morgan fingerprint density at radius 2 is 1.96 bits per heavy atom. The quantitative estimate of drug-likeness (QED) is 0.423. The van der Waals surface area contributed by atoms with Gasteiger partial charge in [0.1, 0.15) is 5.82 Å². The number of amides is 1. The minimum Gasteiger partial charge on any atom is -0.322 e. The van der Waals surface area contributed by atoms with Gasteiger partial charge in [0.25, 0.3) is 5.91 Å². The van der Waals surface area contributed by atoms with E-state index in [2.05, 4.69) is 22.1 Å². The van der Waals surface area contributed by atoms with Crippen LogP contribution in [-0.2, 0) is 12.3 Å². The van der Waals surface area contributed by atoms with E-state index in [1.807, 2.05) is 54.8 Å². The molecule has 0 saturated heterocycles. The van der Waals surface area contributed by atoms with Crippen LogP contribution in [0.25, 0.3) is 0 Å². The topological polar surface area (TPSA) is 59.8 Å². The van der Waals surface area contributed by atoms with Gasteiger partial charge in [0.15, 0.2) is 5.16 Å². The first-order valence-corrected chi connectivity index (χ1v) is 10.1. The lowest BCUT2D eigenvalue weighted by molar-refractivity contribution is 0.102. The molecule has 3 rings (SSSR count). The summed E-state index contributed by atoms with van der Waals surface area (Å²) in [4.78, 5) is 12.4. The van der Waals surface area contributed by atoms with E-state index in [9.17, 15) is 4.79 Å². The van der Waals surface area contributed by atoms with Crippen LogP contribution in [0.1, 0.15) is 27.3 Å². The van der Waals surface area contributed by atoms with E-state index in [0.29, 0.717) is 17.1 Å². The van der Waals surface area contributed by atoms with Gasteiger partial charge in [0, 0.05) is 28.6 Å². The van der Waals surface area contributed by atoms with Crippen LogP contribution in [-0.4, -0.2) is 20.7 Å². The predicted molar refractivity (Wildman–Crippen MR) is 115 cm³/mol. The molecule has 1 amide bonds. The summed E-state index contributed by atoms with van der Waals surface area (Å²) in [5, 5.41) is 12.8. The molecule has 144 valence electrons. The lowest BCUT2D eigenvalue weighted by Gasteiger charge is -2.08. The number of nitrogens with zero attached hydrogens (tertiary/aromatic N) is 3. The summed E-state index contributed by atoms with van der Waals surface area (Å²) in [6, 6.07) is 13.0. The molecule has 0 bridgehead atoms. The van der Waals surface area contributed by atoms with E-state index in [-0.39, 0.29) is 5.91 Å². The first kappa shape index (κ1) is 20.2. The lowest BCUT2D eigenvalue weighted by atomic mass is 10.1. The Hall–Kier alpha value is -2.57. The molecule has 1 aromatic heterocycles. The lowest BCUT2D eigenvalue weighted by Crippen LogP contribution is -2.11. The predicted octanol–water partition coefficient (Wildman–Crippen LogP) is 5.28. The van der Waals surface area contributed by atoms with Crippen molar-refractivity contribution in [2.45, 2.75) is 31.3 Å². The summed E-state index contributed by atoms with van der Waals surface area (Å²) in [7, 11) is 0. The third-order valence-corrected chi connectivity index (χ3v) is 5.68. The molecule has 0 unspecified atom stereocenters. The number of thioether (sulfide) groups is 1. The number of carbonyl (C=O) groups is 1. The second kappa shape index (κ2) is 9.08. The largest absolute Gasteiger partial charge is 0.322 e. The summed E-state index contributed by atoms with van der Waals surface area (Å²) < 4.78 is 2.02. The molecular weight excluding hydrogens is 392 g/mol. The van der Waals surface area contributed by atoms with E-state index >= 15 is 0 Å². The monoisotopic (exact) mass is 412 g/mol. The average molecular weight is 413 g/mol. The Morgan fingerprint density at radius 1 is 1.21 bits per heavy atom. The number of hydrogen-bond acceptors (Lipinski definition) is 4. The number of anilines is 1. The number of nitrogens with one attached hydrogen (secondary N) is 1. The molecule has 1 N–H and O–H groups in total. The Morgan fingerprint density at radius 3 is 2.64 bits per heavy atom. The van der Waals surface area contributed by atoms with E-state index in [0.717, 1.165) is 33.5 Å². The second-order valence-electron chi connectivity index (χ2n) is 6.33. The fourth-order valence-corrected chi connectivity index (χ4v) is 3.70. The number of allylic oxidation sites excluding steroid dienone is 1. The van der Waals surface area contributed by atoms with Crippen LogP contribution in [0.5, 0.6) is 0 Å². The van der Waals surface area contributed by atoms with E-state index < -0.39 is 0 Å². The Balaban J connectivity index is 1.62. The maximum absolute atomic E-state index is 12.4. The molecule has 5 nitrogen and oxygen atoms in total. The molecule has 0 aliphatic carbocycles. The number of halogens is 1. The standard InChI is InChI=1S/C21H21ClN4OS/c1-4-11-26-15(3)24-25-21(26)28-13-16-5-7-17(8-6-16)20(27)23-18-9-10-19(22)14(2)12-18/h4-10,12H,1,11,13H2,2-3H3,(H,23,27). The molecule has 0 spiro atoms. The summed E-state index contributed by atoms with van der Waals surface area (Å²) in [6.45, 7) is 8.29. The number of rotatable bonds is 7. The molecule has 0 fully saturated rings. The minimum absolute atomic E-state index is 0.151. The van der Waals surface area contributed by atoms with Crippen molar-refractivity contribution in [3.63, 3.8) is 0 Å². The van der Waals surface area contributed by atoms with E-state index in [4.69, 9.17) is 11.6 Å². The Labute approximate surface area is 173 Å². The fraction of sp³-hybridized carbons (Fsp3) is 0.190. The van der Waals surface area contributed by atoms with E-state index in [1.165, 1.54) is 0 Å². The highest BCUT2D eigenvalue weighted by Crippen LogP contribution is 2.23. The van der Waals surface area contributed by atoms with Gasteiger partial charge < -0.3 is 9.88 Å². The maximum Gasteiger partial charge on any atom is 0.255 e. The van der Waals surface area contributed by atoms with Crippen LogP contribution in [0.3, 0.4) is 0 Å². The Kier molecular flexibility index (Phi) is 6.54. The van der Waals surface area contributed by atoms with Gasteiger partial charge in [0.2, 0.25) is 0 Å². The smallest absolute Gasteiger partial charge is 0.255 e. The number of aromatic nitrogens is 3. The molecule has 1 heterocycles. The van der Waals surface area contributed by atoms with Gasteiger partial charge in [0.05, 0.1) is 0 Å². The molecule has 3 aromatic rings. The normalized spacial score (nSPS) is 10.7. The van der Waals surface area contributed by atoms with Gasteiger partial charge in [-0.1, -0.05) is 41.6 Å². The summed E-state index contributed by atoms with van der Waals surface area (Å²) >= 11 is 7.63. The first-order chi connectivity index (χ1) is 13.5.